The molecule has 0 spiro atoms. The maximum atomic E-state index is 14.7. The molecule has 0 saturated carbocycles. The number of thiazole rings is 1. The van der Waals surface area contributed by atoms with Gasteiger partial charge in [0.05, 0.1) is 29.0 Å². The average Bonchev–Trinajstić information content (AvgIpc) is 3.19. The Labute approximate surface area is 159 Å². The largest absolute Gasteiger partial charge is 0.431 e. The summed E-state index contributed by atoms with van der Waals surface area (Å²) in [4.78, 5) is 29.7. The van der Waals surface area contributed by atoms with Gasteiger partial charge in [-0.05, 0) is 12.1 Å². The Balaban J connectivity index is 1.90. The van der Waals surface area contributed by atoms with Gasteiger partial charge in [-0.1, -0.05) is 17.3 Å². The fourth-order valence-electron chi connectivity index (χ4n) is 3.16. The van der Waals surface area contributed by atoms with Gasteiger partial charge < -0.3 is 4.90 Å². The van der Waals surface area contributed by atoms with E-state index in [1.165, 1.54) is 10.6 Å². The molecule has 0 unspecified atom stereocenters. The maximum Gasteiger partial charge on any atom is 0.431 e. The third-order valence-electron chi connectivity index (χ3n) is 4.31. The van der Waals surface area contributed by atoms with Crippen LogP contribution in [-0.4, -0.2) is 40.6 Å². The summed E-state index contributed by atoms with van der Waals surface area (Å²) in [6.45, 7) is -0.131. The zero-order chi connectivity index (χ0) is 20.2. The monoisotopic (exact) mass is 410 g/mol. The van der Waals surface area contributed by atoms with Crippen molar-refractivity contribution in [3.05, 3.63) is 39.4 Å². The lowest BCUT2D eigenvalue weighted by Gasteiger charge is -2.35. The number of amides is 1. The third kappa shape index (κ3) is 2.68. The third-order valence-corrected chi connectivity index (χ3v) is 5.25. The number of halogens is 4. The lowest BCUT2D eigenvalue weighted by molar-refractivity contribution is -0.119. The second-order valence-electron chi connectivity index (χ2n) is 5.96. The zero-order valence-electron chi connectivity index (χ0n) is 14.0. The quantitative estimate of drug-likeness (QED) is 0.564. The first-order chi connectivity index (χ1) is 13.2. The van der Waals surface area contributed by atoms with Crippen LogP contribution in [0.3, 0.4) is 0 Å². The Morgan fingerprint density at radius 1 is 1.29 bits per heavy atom. The van der Waals surface area contributed by atoms with Crippen LogP contribution in [0.25, 0.3) is 10.2 Å². The number of allylic oxidation sites excluding steroid dienone is 1. The van der Waals surface area contributed by atoms with Crippen molar-refractivity contribution >= 4 is 39.1 Å². The fourth-order valence-corrected chi connectivity index (χ4v) is 4.06. The van der Waals surface area contributed by atoms with Crippen LogP contribution >= 0.6 is 11.3 Å². The highest BCUT2D eigenvalue weighted by atomic mass is 32.1. The lowest BCUT2D eigenvalue weighted by Crippen LogP contribution is -2.51. The molecular weight excluding hydrogens is 400 g/mol. The number of benzene rings is 1. The average molecular weight is 410 g/mol. The molecular formula is C17H10F4N4O2S. The molecule has 2 aromatic rings. The molecule has 0 saturated heterocycles. The van der Waals surface area contributed by atoms with E-state index in [9.17, 15) is 27.2 Å². The van der Waals surface area contributed by atoms with Crippen molar-refractivity contribution < 1.29 is 22.4 Å². The number of rotatable bonds is 2. The van der Waals surface area contributed by atoms with E-state index in [0.717, 1.165) is 27.2 Å². The van der Waals surface area contributed by atoms with Gasteiger partial charge in [0.25, 0.3) is 5.91 Å². The number of anilines is 1. The van der Waals surface area contributed by atoms with Gasteiger partial charge >= 0.3 is 11.0 Å². The normalized spacial score (nSPS) is 16.9. The summed E-state index contributed by atoms with van der Waals surface area (Å²) in [5.74, 6) is 0.0601. The van der Waals surface area contributed by atoms with E-state index < -0.39 is 28.5 Å². The Morgan fingerprint density at radius 3 is 2.71 bits per heavy atom. The number of guanidine groups is 1. The molecule has 0 atom stereocenters. The van der Waals surface area contributed by atoms with E-state index in [2.05, 4.69) is 10.9 Å². The molecule has 4 rings (SSSR count). The molecule has 28 heavy (non-hydrogen) atoms. The summed E-state index contributed by atoms with van der Waals surface area (Å²) in [5.41, 5.74) is -1.16. The predicted molar refractivity (Wildman–Crippen MR) is 95.5 cm³/mol. The summed E-state index contributed by atoms with van der Waals surface area (Å²) in [6, 6.07) is 2.28. The molecule has 0 radical (unpaired) electrons. The lowest BCUT2D eigenvalue weighted by atomic mass is 10.2. The highest BCUT2D eigenvalue weighted by Gasteiger charge is 2.47. The van der Waals surface area contributed by atoms with E-state index in [1.54, 1.807) is 0 Å². The molecule has 0 bridgehead atoms. The van der Waals surface area contributed by atoms with Gasteiger partial charge in [-0.15, -0.1) is 6.42 Å². The van der Waals surface area contributed by atoms with Crippen LogP contribution < -0.4 is 9.77 Å². The van der Waals surface area contributed by atoms with Gasteiger partial charge in [0.2, 0.25) is 5.96 Å². The molecule has 2 aliphatic heterocycles. The smallest absolute Gasteiger partial charge is 0.305 e. The van der Waals surface area contributed by atoms with Gasteiger partial charge in [-0.2, -0.15) is 13.2 Å². The van der Waals surface area contributed by atoms with Crippen molar-refractivity contribution in [3.63, 3.8) is 0 Å². The van der Waals surface area contributed by atoms with Crippen LogP contribution in [0.15, 0.2) is 33.7 Å². The van der Waals surface area contributed by atoms with Crippen LogP contribution in [0.4, 0.5) is 23.2 Å². The van der Waals surface area contributed by atoms with Crippen LogP contribution in [0.1, 0.15) is 0 Å². The number of carbonyl (C=O) groups is 1. The fraction of sp³-hybridized carbons (Fsp3) is 0.235. The van der Waals surface area contributed by atoms with E-state index in [0.29, 0.717) is 10.8 Å². The van der Waals surface area contributed by atoms with E-state index in [4.69, 9.17) is 6.42 Å². The van der Waals surface area contributed by atoms with E-state index in [-0.39, 0.29) is 36.8 Å². The van der Waals surface area contributed by atoms with Crippen molar-refractivity contribution in [1.82, 2.24) is 9.47 Å². The molecule has 0 N–H and O–H groups in total. The summed E-state index contributed by atoms with van der Waals surface area (Å²) in [5, 5.41) is 0. The molecule has 1 aromatic heterocycles. The Hall–Kier alpha value is -3.13. The first-order valence-corrected chi connectivity index (χ1v) is 8.75. The highest BCUT2D eigenvalue weighted by molar-refractivity contribution is 7.16. The van der Waals surface area contributed by atoms with Crippen LogP contribution in [0.5, 0.6) is 0 Å². The van der Waals surface area contributed by atoms with Crippen molar-refractivity contribution in [2.24, 2.45) is 4.99 Å². The summed E-state index contributed by atoms with van der Waals surface area (Å²) < 4.78 is 56.0. The first kappa shape index (κ1) is 18.2. The Morgan fingerprint density at radius 2 is 2.04 bits per heavy atom. The first-order valence-electron chi connectivity index (χ1n) is 7.93. The minimum Gasteiger partial charge on any atom is -0.305 e. The molecule has 2 aliphatic rings. The van der Waals surface area contributed by atoms with Gasteiger partial charge in [0.15, 0.2) is 0 Å². The number of alkyl halides is 3. The van der Waals surface area contributed by atoms with Gasteiger partial charge in [0.1, 0.15) is 11.5 Å². The van der Waals surface area contributed by atoms with Gasteiger partial charge in [0, 0.05) is 12.6 Å². The van der Waals surface area contributed by atoms with Gasteiger partial charge in [-0.25, -0.2) is 9.29 Å². The van der Waals surface area contributed by atoms with Crippen LogP contribution in [-0.2, 0) is 11.3 Å². The topological polar surface area (TPSA) is 57.9 Å². The number of hydrogen-bond acceptors (Lipinski definition) is 5. The number of aliphatic imine (C=N–C) groups is 1. The minimum absolute atomic E-state index is 0.0245. The molecule has 6 nitrogen and oxygen atoms in total. The standard InChI is InChI=1S/C17H10F4N4O2S/c1-2-4-23-11-7-10(9(18)6-12(11)28-16(23)27)25-14(26)8-13(17(19,20)21)24-5-3-22-15(24)25/h1,6-8H,3-5H2. The molecule has 144 valence electrons. The Kier molecular flexibility index (Phi) is 4.04. The number of nitrogens with zero attached hydrogens (tertiary/aromatic N) is 4. The van der Waals surface area contributed by atoms with Gasteiger partial charge in [-0.3, -0.25) is 19.1 Å². The molecule has 1 amide bonds. The van der Waals surface area contributed by atoms with Crippen LogP contribution in [0, 0.1) is 18.2 Å². The number of aromatic nitrogens is 1. The van der Waals surface area contributed by atoms with E-state index in [1.807, 2.05) is 0 Å². The van der Waals surface area contributed by atoms with Crippen molar-refractivity contribution in [2.45, 2.75) is 12.7 Å². The summed E-state index contributed by atoms with van der Waals surface area (Å²) in [7, 11) is 0. The summed E-state index contributed by atoms with van der Waals surface area (Å²) in [6.07, 6.45) is 0.914. The molecule has 0 fully saturated rings. The van der Waals surface area contributed by atoms with Crippen molar-refractivity contribution in [3.8, 4) is 12.3 Å². The molecule has 1 aromatic carbocycles. The highest BCUT2D eigenvalue weighted by Crippen LogP contribution is 2.36. The Bertz CT molecular complexity index is 1170. The number of terminal acetylenes is 1. The second kappa shape index (κ2) is 6.20. The number of fused-ring (bicyclic) bond motifs is 2. The molecule has 11 heteroatoms. The van der Waals surface area contributed by atoms with Crippen LogP contribution in [0.2, 0.25) is 0 Å². The van der Waals surface area contributed by atoms with E-state index >= 15 is 0 Å². The van der Waals surface area contributed by atoms with Crippen molar-refractivity contribution in [1.29, 1.82) is 0 Å². The second-order valence-corrected chi connectivity index (χ2v) is 6.96. The zero-order valence-corrected chi connectivity index (χ0v) is 14.8. The predicted octanol–water partition coefficient (Wildman–Crippen LogP) is 2.30. The maximum absolute atomic E-state index is 14.7. The number of hydrogen-bond donors (Lipinski definition) is 0. The number of carbonyl (C=O) groups excluding carboxylic acids is 1. The molecule has 0 aliphatic carbocycles. The molecule has 3 heterocycles. The van der Waals surface area contributed by atoms with Crippen molar-refractivity contribution in [2.75, 3.05) is 18.0 Å². The minimum atomic E-state index is -4.75. The SMILES string of the molecule is C#CCn1c(=O)sc2cc(F)c(N3C(=O)C=C(C(F)(F)F)N4CCN=C43)cc21. The summed E-state index contributed by atoms with van der Waals surface area (Å²) >= 11 is 0.779.